The molecule has 0 radical (unpaired) electrons. The van der Waals surface area contributed by atoms with Gasteiger partial charge in [-0.1, -0.05) is 41.5 Å². The fourth-order valence-corrected chi connectivity index (χ4v) is 3.77. The minimum atomic E-state index is -4.78. The van der Waals surface area contributed by atoms with Crippen LogP contribution in [-0.2, 0) is 9.53 Å². The molecule has 1 aromatic rings. The second kappa shape index (κ2) is 12.6. The minimum Gasteiger partial charge on any atom is -0.423 e. The van der Waals surface area contributed by atoms with Gasteiger partial charge in [0.05, 0.1) is 6.10 Å². The average Bonchev–Trinajstić information content (AvgIpc) is 2.76. The van der Waals surface area contributed by atoms with Gasteiger partial charge in [-0.05, 0) is 94.0 Å². The maximum Gasteiger partial charge on any atom is 0.573 e. The number of carbonyl (C=O) groups excluding carboxylic acids is 1. The molecule has 0 bridgehead atoms. The number of hydrogen-bond acceptors (Lipinski definition) is 4. The fraction of sp³-hybridized carbons (Fsp3) is 0.345. The van der Waals surface area contributed by atoms with E-state index in [4.69, 9.17) is 9.47 Å². The SMILES string of the molecule is COC1CC(C)=C(/C=C/C(C)=C/C=C/C(C)=C/C(=O)Oc2ccc(OC(F)(F)F)cc2C)C(C)=C1C. The van der Waals surface area contributed by atoms with Crippen molar-refractivity contribution in [3.63, 3.8) is 0 Å². The molecule has 1 atom stereocenters. The summed E-state index contributed by atoms with van der Waals surface area (Å²) >= 11 is 0. The van der Waals surface area contributed by atoms with E-state index in [-0.39, 0.29) is 17.6 Å². The lowest BCUT2D eigenvalue weighted by Gasteiger charge is -2.26. The summed E-state index contributed by atoms with van der Waals surface area (Å²) in [5.74, 6) is -0.842. The van der Waals surface area contributed by atoms with E-state index in [1.54, 1.807) is 20.1 Å². The van der Waals surface area contributed by atoms with Crippen LogP contribution in [0.1, 0.15) is 46.6 Å². The van der Waals surface area contributed by atoms with Gasteiger partial charge in [-0.2, -0.15) is 0 Å². The molecular weight excluding hydrogens is 469 g/mol. The van der Waals surface area contributed by atoms with Crippen LogP contribution in [0.25, 0.3) is 0 Å². The zero-order valence-corrected chi connectivity index (χ0v) is 21.7. The number of rotatable bonds is 8. The van der Waals surface area contributed by atoms with Crippen molar-refractivity contribution in [3.05, 3.63) is 93.7 Å². The van der Waals surface area contributed by atoms with Gasteiger partial charge in [-0.15, -0.1) is 13.2 Å². The third-order valence-corrected chi connectivity index (χ3v) is 5.88. The van der Waals surface area contributed by atoms with E-state index in [2.05, 4.69) is 37.7 Å². The molecule has 0 amide bonds. The average molecular weight is 503 g/mol. The van der Waals surface area contributed by atoms with Crippen LogP contribution in [0.15, 0.2) is 88.1 Å². The molecule has 0 fully saturated rings. The summed E-state index contributed by atoms with van der Waals surface area (Å²) in [4.78, 5) is 12.2. The van der Waals surface area contributed by atoms with Crippen molar-refractivity contribution in [3.8, 4) is 11.5 Å². The number of hydrogen-bond donors (Lipinski definition) is 0. The molecule has 0 aromatic heterocycles. The van der Waals surface area contributed by atoms with Crippen LogP contribution in [0.5, 0.6) is 11.5 Å². The van der Waals surface area contributed by atoms with Crippen molar-refractivity contribution in [2.24, 2.45) is 0 Å². The first-order chi connectivity index (χ1) is 16.8. The summed E-state index contributed by atoms with van der Waals surface area (Å²) < 4.78 is 51.7. The first-order valence-corrected chi connectivity index (χ1v) is 11.5. The lowest BCUT2D eigenvalue weighted by atomic mass is 9.85. The molecule has 0 spiro atoms. The van der Waals surface area contributed by atoms with E-state index in [1.165, 1.54) is 41.4 Å². The fourth-order valence-electron chi connectivity index (χ4n) is 3.77. The van der Waals surface area contributed by atoms with E-state index >= 15 is 0 Å². The Bertz CT molecular complexity index is 1160. The number of esters is 1. The molecule has 1 aliphatic rings. The zero-order valence-electron chi connectivity index (χ0n) is 21.7. The molecule has 1 aliphatic carbocycles. The second-order valence-electron chi connectivity index (χ2n) is 8.82. The lowest BCUT2D eigenvalue weighted by molar-refractivity contribution is -0.274. The molecule has 2 rings (SSSR count). The maximum atomic E-state index is 12.3. The summed E-state index contributed by atoms with van der Waals surface area (Å²) in [6.07, 6.45) is 7.26. The Kier molecular flexibility index (Phi) is 10.1. The molecule has 194 valence electrons. The standard InChI is InChI=1S/C29H33F3O4/c1-18(11-13-25-20(3)17-27(34-7)23(6)22(25)5)9-8-10-19(2)15-28(33)35-26-14-12-24(16-21(26)4)36-29(30,31)32/h8-16,27H,17H2,1-7H3/b10-8+,13-11+,18-9+,19-15+. The largest absolute Gasteiger partial charge is 0.573 e. The highest BCUT2D eigenvalue weighted by Crippen LogP contribution is 2.32. The van der Waals surface area contributed by atoms with Gasteiger partial charge >= 0.3 is 12.3 Å². The number of benzene rings is 1. The Hall–Kier alpha value is -3.32. The van der Waals surface area contributed by atoms with Crippen molar-refractivity contribution in [2.45, 2.75) is 60.4 Å². The first-order valence-electron chi connectivity index (χ1n) is 11.5. The van der Waals surface area contributed by atoms with Gasteiger partial charge in [0, 0.05) is 13.2 Å². The van der Waals surface area contributed by atoms with Crippen LogP contribution < -0.4 is 9.47 Å². The van der Waals surface area contributed by atoms with Crippen LogP contribution in [0.2, 0.25) is 0 Å². The van der Waals surface area contributed by atoms with Gasteiger partial charge in [0.15, 0.2) is 0 Å². The maximum absolute atomic E-state index is 12.3. The number of carbonyl (C=O) groups is 1. The molecule has 0 saturated heterocycles. The molecule has 4 nitrogen and oxygen atoms in total. The predicted octanol–water partition coefficient (Wildman–Crippen LogP) is 7.88. The summed E-state index contributed by atoms with van der Waals surface area (Å²) in [7, 11) is 1.74. The molecular formula is C29H33F3O4. The molecule has 36 heavy (non-hydrogen) atoms. The Morgan fingerprint density at radius 2 is 1.75 bits per heavy atom. The monoisotopic (exact) mass is 502 g/mol. The summed E-state index contributed by atoms with van der Waals surface area (Å²) in [5.41, 5.74) is 7.05. The van der Waals surface area contributed by atoms with Gasteiger partial charge in [-0.25, -0.2) is 4.79 Å². The van der Waals surface area contributed by atoms with Crippen LogP contribution in [-0.4, -0.2) is 25.5 Å². The van der Waals surface area contributed by atoms with Crippen LogP contribution in [0.4, 0.5) is 13.2 Å². The highest BCUT2D eigenvalue weighted by molar-refractivity contribution is 5.85. The van der Waals surface area contributed by atoms with Crippen LogP contribution in [0, 0.1) is 6.92 Å². The smallest absolute Gasteiger partial charge is 0.423 e. The highest BCUT2D eigenvalue weighted by Gasteiger charge is 2.31. The number of methoxy groups -OCH3 is 1. The summed E-state index contributed by atoms with van der Waals surface area (Å²) in [5, 5.41) is 0. The van der Waals surface area contributed by atoms with Gasteiger partial charge in [0.1, 0.15) is 11.5 Å². The van der Waals surface area contributed by atoms with Crippen LogP contribution in [0.3, 0.4) is 0 Å². The topological polar surface area (TPSA) is 44.8 Å². The van der Waals surface area contributed by atoms with Gasteiger partial charge < -0.3 is 14.2 Å². The van der Waals surface area contributed by atoms with E-state index in [0.717, 1.165) is 24.1 Å². The highest BCUT2D eigenvalue weighted by atomic mass is 19.4. The Labute approximate surface area is 211 Å². The molecule has 1 unspecified atom stereocenters. The van der Waals surface area contributed by atoms with Crippen molar-refractivity contribution < 1.29 is 32.2 Å². The van der Waals surface area contributed by atoms with Crippen molar-refractivity contribution in [1.29, 1.82) is 0 Å². The molecule has 1 aromatic carbocycles. The van der Waals surface area contributed by atoms with E-state index in [9.17, 15) is 18.0 Å². The predicted molar refractivity (Wildman–Crippen MR) is 136 cm³/mol. The quantitative estimate of drug-likeness (QED) is 0.157. The van der Waals surface area contributed by atoms with Gasteiger partial charge in [0.2, 0.25) is 0 Å². The number of ether oxygens (including phenoxy) is 3. The molecule has 0 heterocycles. The number of allylic oxidation sites excluding steroid dienone is 9. The van der Waals surface area contributed by atoms with Crippen molar-refractivity contribution in [2.75, 3.05) is 7.11 Å². The number of alkyl halides is 3. The summed E-state index contributed by atoms with van der Waals surface area (Å²) in [6, 6.07) is 3.52. The van der Waals surface area contributed by atoms with Gasteiger partial charge in [-0.3, -0.25) is 0 Å². The normalized spacial score (nSPS) is 18.0. The summed E-state index contributed by atoms with van der Waals surface area (Å²) in [6.45, 7) is 11.6. The second-order valence-corrected chi connectivity index (χ2v) is 8.82. The molecule has 7 heteroatoms. The number of aryl methyl sites for hydroxylation is 1. The van der Waals surface area contributed by atoms with E-state index in [1.807, 2.05) is 19.1 Å². The van der Waals surface area contributed by atoms with Crippen molar-refractivity contribution >= 4 is 5.97 Å². The molecule has 0 aliphatic heterocycles. The zero-order chi connectivity index (χ0) is 27.0. The van der Waals surface area contributed by atoms with Crippen molar-refractivity contribution in [1.82, 2.24) is 0 Å². The Morgan fingerprint density at radius 3 is 2.36 bits per heavy atom. The Morgan fingerprint density at radius 1 is 1.06 bits per heavy atom. The molecule has 0 saturated carbocycles. The van der Waals surface area contributed by atoms with Crippen LogP contribution >= 0.6 is 0 Å². The lowest BCUT2D eigenvalue weighted by Crippen LogP contribution is -2.18. The number of halogens is 3. The Balaban J connectivity index is 2.00. The third-order valence-electron chi connectivity index (χ3n) is 5.88. The minimum absolute atomic E-state index is 0.134. The van der Waals surface area contributed by atoms with Gasteiger partial charge in [0.25, 0.3) is 0 Å². The third kappa shape index (κ3) is 8.72. The van der Waals surface area contributed by atoms with E-state index < -0.39 is 12.3 Å². The first kappa shape index (κ1) is 28.9. The molecule has 0 N–H and O–H groups in total. The van der Waals surface area contributed by atoms with E-state index in [0.29, 0.717) is 11.1 Å².